The first-order valence-electron chi connectivity index (χ1n) is 10.4. The second-order valence-corrected chi connectivity index (χ2v) is 8.66. The Morgan fingerprint density at radius 2 is 1.76 bits per heavy atom. The molecule has 0 spiro atoms. The third kappa shape index (κ3) is 4.29. The summed E-state index contributed by atoms with van der Waals surface area (Å²) < 4.78 is 0. The average Bonchev–Trinajstić information content (AvgIpc) is 2.76. The largest absolute Gasteiger partial charge is 0.509 e. The molecule has 0 fully saturated rings. The van der Waals surface area contributed by atoms with E-state index in [0.29, 0.717) is 0 Å². The SMILES string of the molecule is CC(=O)/C(O)=C(/C)O.Cc1cc2c3c(nccc3c1)-c1[c-]c3ccccc3nc1C2(C)C.[Ir]. The maximum absolute atomic E-state index is 10.1. The summed E-state index contributed by atoms with van der Waals surface area (Å²) in [5, 5.41) is 20.4. The fourth-order valence-corrected chi connectivity index (χ4v) is 4.20. The second-order valence-electron chi connectivity index (χ2n) is 8.66. The van der Waals surface area contributed by atoms with Gasteiger partial charge in [0.2, 0.25) is 0 Å². The molecule has 2 aromatic heterocycles. The summed E-state index contributed by atoms with van der Waals surface area (Å²) in [6.45, 7) is 9.09. The molecule has 2 aromatic carbocycles. The van der Waals surface area contributed by atoms with Crippen LogP contribution in [0.4, 0.5) is 0 Å². The minimum absolute atomic E-state index is 0. The summed E-state index contributed by atoms with van der Waals surface area (Å²) in [6.07, 6.45) is 1.89. The molecular weight excluding hydrogens is 593 g/mol. The molecule has 1 radical (unpaired) electrons. The van der Waals surface area contributed by atoms with Crippen molar-refractivity contribution in [3.8, 4) is 11.3 Å². The van der Waals surface area contributed by atoms with Gasteiger partial charge in [-0.1, -0.05) is 60.7 Å². The monoisotopic (exact) mass is 618 g/mol. The Kier molecular flexibility index (Phi) is 6.73. The van der Waals surface area contributed by atoms with Crippen LogP contribution in [0.2, 0.25) is 0 Å². The van der Waals surface area contributed by atoms with Gasteiger partial charge in [0.25, 0.3) is 0 Å². The summed E-state index contributed by atoms with van der Waals surface area (Å²) in [5.74, 6) is -1.42. The Labute approximate surface area is 206 Å². The standard InChI is InChI=1S/C22H17N2.C5H8O3.Ir/c1-13-10-15-8-9-23-20-16-12-14-6-4-5-7-18(14)24-21(16)22(2,3)17(11-13)19(15)20;1-3(6)5(8)4(2)7;/h4-11H,1-3H3;6,8H,1-2H3;/q-1;;/b;5-3+;. The fraction of sp³-hybridized carbons (Fsp3) is 0.222. The van der Waals surface area contributed by atoms with Crippen LogP contribution in [0.1, 0.15) is 44.5 Å². The van der Waals surface area contributed by atoms with Crippen LogP contribution in [0, 0.1) is 13.0 Å². The van der Waals surface area contributed by atoms with Gasteiger partial charge in [0.05, 0.1) is 0 Å². The molecule has 4 aromatic rings. The number of benzene rings is 2. The summed E-state index contributed by atoms with van der Waals surface area (Å²) in [7, 11) is 0. The number of fused-ring (bicyclic) bond motifs is 3. The summed E-state index contributed by atoms with van der Waals surface area (Å²) >= 11 is 0. The number of pyridine rings is 2. The van der Waals surface area contributed by atoms with E-state index in [1.807, 2.05) is 18.3 Å². The molecule has 1 aliphatic carbocycles. The molecule has 0 saturated carbocycles. The Hall–Kier alpha value is -3.08. The molecule has 0 aliphatic heterocycles. The van der Waals surface area contributed by atoms with Crippen LogP contribution in [-0.4, -0.2) is 26.0 Å². The van der Waals surface area contributed by atoms with E-state index in [1.54, 1.807) is 0 Å². The zero-order chi connectivity index (χ0) is 23.2. The quantitative estimate of drug-likeness (QED) is 0.153. The van der Waals surface area contributed by atoms with E-state index >= 15 is 0 Å². The van der Waals surface area contributed by atoms with Gasteiger partial charge in [-0.25, -0.2) is 0 Å². The fourth-order valence-electron chi connectivity index (χ4n) is 4.20. The first-order valence-corrected chi connectivity index (χ1v) is 10.4. The molecule has 5 rings (SSSR count). The van der Waals surface area contributed by atoms with E-state index < -0.39 is 11.5 Å². The molecule has 0 bridgehead atoms. The van der Waals surface area contributed by atoms with Gasteiger partial charge in [0.1, 0.15) is 5.76 Å². The van der Waals surface area contributed by atoms with E-state index in [0.717, 1.165) is 27.9 Å². The topological polar surface area (TPSA) is 83.3 Å². The number of allylic oxidation sites excluding steroid dienone is 2. The Balaban J connectivity index is 0.000000297. The number of hydrogen-bond acceptors (Lipinski definition) is 5. The van der Waals surface area contributed by atoms with E-state index in [1.165, 1.54) is 35.7 Å². The average molecular weight is 618 g/mol. The van der Waals surface area contributed by atoms with Crippen molar-refractivity contribution in [2.24, 2.45) is 0 Å². The molecule has 0 unspecified atom stereocenters. The predicted octanol–water partition coefficient (Wildman–Crippen LogP) is 6.12. The molecule has 2 heterocycles. The van der Waals surface area contributed by atoms with Gasteiger partial charge in [-0.2, -0.15) is 0 Å². The van der Waals surface area contributed by atoms with Crippen LogP contribution in [0.5, 0.6) is 0 Å². The van der Waals surface area contributed by atoms with Crippen LogP contribution in [0.15, 0.2) is 60.2 Å². The van der Waals surface area contributed by atoms with Crippen LogP contribution < -0.4 is 0 Å². The zero-order valence-corrected chi connectivity index (χ0v) is 21.5. The van der Waals surface area contributed by atoms with Crippen molar-refractivity contribution in [3.63, 3.8) is 0 Å². The number of carbonyl (C=O) groups excluding carboxylic acids is 1. The van der Waals surface area contributed by atoms with Crippen molar-refractivity contribution in [3.05, 3.63) is 83.1 Å². The van der Waals surface area contributed by atoms with Crippen LogP contribution in [-0.2, 0) is 30.3 Å². The molecule has 0 amide bonds. The van der Waals surface area contributed by atoms with Gasteiger partial charge in [-0.3, -0.25) is 9.78 Å². The van der Waals surface area contributed by atoms with Crippen molar-refractivity contribution in [2.75, 3.05) is 0 Å². The van der Waals surface area contributed by atoms with Crippen molar-refractivity contribution in [1.29, 1.82) is 0 Å². The summed E-state index contributed by atoms with van der Waals surface area (Å²) in [4.78, 5) is 19.8. The number of nitrogens with zero attached hydrogens (tertiary/aromatic N) is 2. The molecule has 0 saturated heterocycles. The third-order valence-corrected chi connectivity index (χ3v) is 5.82. The Morgan fingerprint density at radius 3 is 2.39 bits per heavy atom. The van der Waals surface area contributed by atoms with Gasteiger partial charge in [-0.15, -0.1) is 12.1 Å². The van der Waals surface area contributed by atoms with E-state index in [9.17, 15) is 4.79 Å². The molecule has 2 N–H and O–H groups in total. The van der Waals surface area contributed by atoms with Crippen LogP contribution in [0.25, 0.3) is 32.9 Å². The van der Waals surface area contributed by atoms with Crippen molar-refractivity contribution in [2.45, 2.75) is 40.0 Å². The Bertz CT molecular complexity index is 1420. The first-order chi connectivity index (χ1) is 15.1. The van der Waals surface area contributed by atoms with E-state index in [4.69, 9.17) is 20.2 Å². The number of aliphatic hydroxyl groups is 2. The molecule has 171 valence electrons. The van der Waals surface area contributed by atoms with Gasteiger partial charge >= 0.3 is 0 Å². The van der Waals surface area contributed by atoms with Gasteiger partial charge < -0.3 is 15.2 Å². The smallest absolute Gasteiger partial charge is 0.197 e. The minimum Gasteiger partial charge on any atom is -0.509 e. The number of para-hydroxylation sites is 1. The number of hydrogen-bond donors (Lipinski definition) is 2. The number of aromatic nitrogens is 2. The second kappa shape index (κ2) is 9.05. The maximum atomic E-state index is 10.1. The van der Waals surface area contributed by atoms with Gasteiger partial charge in [0.15, 0.2) is 11.5 Å². The zero-order valence-electron chi connectivity index (χ0n) is 19.1. The number of aliphatic hydroxyl groups excluding tert-OH is 2. The molecule has 0 atom stereocenters. The number of rotatable bonds is 1. The Morgan fingerprint density at radius 1 is 1.06 bits per heavy atom. The minimum atomic E-state index is -0.565. The third-order valence-electron chi connectivity index (χ3n) is 5.82. The number of ketones is 1. The van der Waals surface area contributed by atoms with Gasteiger partial charge in [0, 0.05) is 44.3 Å². The number of Topliss-reactive ketones (excluding diaryl/α,β-unsaturated/α-hetero) is 1. The molecule has 5 nitrogen and oxygen atoms in total. The molecule has 33 heavy (non-hydrogen) atoms. The molecular formula is C27H25IrN2O3-. The van der Waals surface area contributed by atoms with Crippen molar-refractivity contribution in [1.82, 2.24) is 9.97 Å². The predicted molar refractivity (Wildman–Crippen MR) is 127 cm³/mol. The summed E-state index contributed by atoms with van der Waals surface area (Å²) in [6, 6.07) is 18.4. The molecule has 1 aliphatic rings. The van der Waals surface area contributed by atoms with Gasteiger partial charge in [-0.05, 0) is 47.5 Å². The number of aryl methyl sites for hydroxylation is 1. The van der Waals surface area contributed by atoms with E-state index in [2.05, 4.69) is 57.2 Å². The van der Waals surface area contributed by atoms with Crippen LogP contribution in [0.3, 0.4) is 0 Å². The van der Waals surface area contributed by atoms with E-state index in [-0.39, 0.29) is 31.3 Å². The summed E-state index contributed by atoms with van der Waals surface area (Å²) in [5.41, 5.74) is 6.53. The maximum Gasteiger partial charge on any atom is 0.197 e. The molecule has 6 heteroatoms. The van der Waals surface area contributed by atoms with Crippen LogP contribution >= 0.6 is 0 Å². The number of carbonyl (C=O) groups is 1. The normalized spacial score (nSPS) is 13.8. The van der Waals surface area contributed by atoms with Crippen molar-refractivity contribution < 1.29 is 35.1 Å². The van der Waals surface area contributed by atoms with Crippen molar-refractivity contribution >= 4 is 27.5 Å². The first kappa shape index (κ1) is 24.6.